The lowest BCUT2D eigenvalue weighted by Crippen LogP contribution is -1.76. The summed E-state index contributed by atoms with van der Waals surface area (Å²) in [6.45, 7) is 1.95. The van der Waals surface area contributed by atoms with Gasteiger partial charge in [0.05, 0.1) is 4.90 Å². The summed E-state index contributed by atoms with van der Waals surface area (Å²) in [5, 5.41) is 1.10. The summed E-state index contributed by atoms with van der Waals surface area (Å²) in [4.78, 5) is 2.10. The van der Waals surface area contributed by atoms with Crippen LogP contribution < -0.4 is 0 Å². The van der Waals surface area contributed by atoms with Crippen LogP contribution in [0.15, 0.2) is 62.7 Å². The standard InChI is InChI=1S/C15H11FOS/c1-10-15(13-4-2-3-5-14(13)17-10)18-12-8-6-11(16)7-9-12/h2-9H,1H3. The molecule has 0 saturated heterocycles. The topological polar surface area (TPSA) is 13.1 Å². The van der Waals surface area contributed by atoms with Gasteiger partial charge in [-0.1, -0.05) is 23.9 Å². The molecule has 1 aromatic heterocycles. The zero-order valence-electron chi connectivity index (χ0n) is 9.81. The Labute approximate surface area is 109 Å². The van der Waals surface area contributed by atoms with Crippen molar-refractivity contribution in [2.75, 3.05) is 0 Å². The van der Waals surface area contributed by atoms with Crippen molar-refractivity contribution in [1.29, 1.82) is 0 Å². The maximum atomic E-state index is 12.9. The maximum Gasteiger partial charge on any atom is 0.135 e. The smallest absolute Gasteiger partial charge is 0.135 e. The normalized spacial score (nSPS) is 11.0. The number of para-hydroxylation sites is 1. The van der Waals surface area contributed by atoms with Gasteiger partial charge in [0, 0.05) is 10.3 Å². The first kappa shape index (κ1) is 11.4. The predicted molar refractivity (Wildman–Crippen MR) is 71.5 cm³/mol. The average molecular weight is 258 g/mol. The highest BCUT2D eigenvalue weighted by molar-refractivity contribution is 7.99. The van der Waals surface area contributed by atoms with E-state index < -0.39 is 0 Å². The number of rotatable bonds is 2. The second-order valence-electron chi connectivity index (χ2n) is 4.04. The van der Waals surface area contributed by atoms with Crippen LogP contribution in [0.1, 0.15) is 5.76 Å². The minimum absolute atomic E-state index is 0.215. The highest BCUT2D eigenvalue weighted by Crippen LogP contribution is 2.37. The van der Waals surface area contributed by atoms with E-state index in [0.29, 0.717) is 0 Å². The third-order valence-electron chi connectivity index (χ3n) is 2.75. The SMILES string of the molecule is Cc1oc2ccccc2c1Sc1ccc(F)cc1. The molecule has 90 valence electrons. The fourth-order valence-corrected chi connectivity index (χ4v) is 2.86. The van der Waals surface area contributed by atoms with E-state index in [-0.39, 0.29) is 5.82 Å². The van der Waals surface area contributed by atoms with Crippen LogP contribution in [0.3, 0.4) is 0 Å². The van der Waals surface area contributed by atoms with Crippen LogP contribution in [-0.4, -0.2) is 0 Å². The van der Waals surface area contributed by atoms with Gasteiger partial charge in [-0.3, -0.25) is 0 Å². The molecular formula is C15H11FOS. The van der Waals surface area contributed by atoms with Crippen molar-refractivity contribution in [3.05, 3.63) is 60.1 Å². The number of furan rings is 1. The van der Waals surface area contributed by atoms with Crippen LogP contribution in [0, 0.1) is 12.7 Å². The predicted octanol–water partition coefficient (Wildman–Crippen LogP) is 5.03. The molecule has 3 rings (SSSR count). The Balaban J connectivity index is 2.04. The molecule has 0 atom stereocenters. The van der Waals surface area contributed by atoms with Crippen LogP contribution in [0.25, 0.3) is 11.0 Å². The molecule has 18 heavy (non-hydrogen) atoms. The highest BCUT2D eigenvalue weighted by atomic mass is 32.2. The van der Waals surface area contributed by atoms with E-state index in [9.17, 15) is 4.39 Å². The molecule has 1 heterocycles. The molecule has 0 spiro atoms. The van der Waals surface area contributed by atoms with Crippen molar-refractivity contribution in [2.45, 2.75) is 16.7 Å². The molecule has 0 aliphatic heterocycles. The molecule has 0 amide bonds. The first-order chi connectivity index (χ1) is 8.74. The molecule has 1 nitrogen and oxygen atoms in total. The molecule has 3 heteroatoms. The van der Waals surface area contributed by atoms with Gasteiger partial charge in [-0.25, -0.2) is 4.39 Å². The van der Waals surface area contributed by atoms with Crippen LogP contribution >= 0.6 is 11.8 Å². The number of benzene rings is 2. The van der Waals surface area contributed by atoms with Crippen molar-refractivity contribution in [1.82, 2.24) is 0 Å². The summed E-state index contributed by atoms with van der Waals surface area (Å²) in [6, 6.07) is 14.4. The van der Waals surface area contributed by atoms with Crippen molar-refractivity contribution < 1.29 is 8.81 Å². The molecule has 0 saturated carbocycles. The van der Waals surface area contributed by atoms with Gasteiger partial charge in [-0.05, 0) is 43.3 Å². The molecular weight excluding hydrogens is 247 g/mol. The molecule has 0 aliphatic carbocycles. The van der Waals surface area contributed by atoms with Crippen molar-refractivity contribution in [3.63, 3.8) is 0 Å². The largest absolute Gasteiger partial charge is 0.460 e. The van der Waals surface area contributed by atoms with Gasteiger partial charge in [-0.15, -0.1) is 0 Å². The molecule has 0 aliphatic rings. The lowest BCUT2D eigenvalue weighted by atomic mass is 10.2. The van der Waals surface area contributed by atoms with Crippen molar-refractivity contribution in [3.8, 4) is 0 Å². The summed E-state index contributed by atoms with van der Waals surface area (Å²) >= 11 is 1.60. The van der Waals surface area contributed by atoms with Gasteiger partial charge < -0.3 is 4.42 Å². The minimum atomic E-state index is -0.215. The molecule has 0 N–H and O–H groups in total. The Morgan fingerprint density at radius 2 is 1.72 bits per heavy atom. The summed E-state index contributed by atoms with van der Waals surface area (Å²) in [6.07, 6.45) is 0. The Morgan fingerprint density at radius 1 is 1.00 bits per heavy atom. The lowest BCUT2D eigenvalue weighted by Gasteiger charge is -2.00. The minimum Gasteiger partial charge on any atom is -0.460 e. The summed E-state index contributed by atoms with van der Waals surface area (Å²) in [7, 11) is 0. The number of aryl methyl sites for hydroxylation is 1. The second kappa shape index (κ2) is 4.50. The fraction of sp³-hybridized carbons (Fsp3) is 0.0667. The maximum absolute atomic E-state index is 12.9. The van der Waals surface area contributed by atoms with Crippen LogP contribution in [0.4, 0.5) is 4.39 Å². The van der Waals surface area contributed by atoms with Crippen LogP contribution in [0.2, 0.25) is 0 Å². The van der Waals surface area contributed by atoms with E-state index >= 15 is 0 Å². The first-order valence-electron chi connectivity index (χ1n) is 5.65. The number of fused-ring (bicyclic) bond motifs is 1. The molecule has 0 bridgehead atoms. The molecule has 2 aromatic carbocycles. The molecule has 0 unspecified atom stereocenters. The summed E-state index contributed by atoms with van der Waals surface area (Å²) in [5.41, 5.74) is 0.889. The number of hydrogen-bond donors (Lipinski definition) is 0. The average Bonchev–Trinajstić information content (AvgIpc) is 2.69. The zero-order valence-corrected chi connectivity index (χ0v) is 10.6. The van der Waals surface area contributed by atoms with E-state index in [1.807, 2.05) is 31.2 Å². The van der Waals surface area contributed by atoms with E-state index in [4.69, 9.17) is 4.42 Å². The highest BCUT2D eigenvalue weighted by Gasteiger charge is 2.11. The van der Waals surface area contributed by atoms with Crippen molar-refractivity contribution >= 4 is 22.7 Å². The van der Waals surface area contributed by atoms with Crippen LogP contribution in [0.5, 0.6) is 0 Å². The van der Waals surface area contributed by atoms with Gasteiger partial charge in [0.2, 0.25) is 0 Å². The molecule has 0 fully saturated rings. The Bertz CT molecular complexity index is 685. The molecule has 0 radical (unpaired) electrons. The van der Waals surface area contributed by atoms with Gasteiger partial charge in [0.25, 0.3) is 0 Å². The lowest BCUT2D eigenvalue weighted by molar-refractivity contribution is 0.568. The first-order valence-corrected chi connectivity index (χ1v) is 6.47. The number of halogens is 1. The molecule has 3 aromatic rings. The zero-order chi connectivity index (χ0) is 12.5. The summed E-state index contributed by atoms with van der Waals surface area (Å²) < 4.78 is 18.6. The second-order valence-corrected chi connectivity index (χ2v) is 5.12. The quantitative estimate of drug-likeness (QED) is 0.639. The van der Waals surface area contributed by atoms with Gasteiger partial charge in [-0.2, -0.15) is 0 Å². The fourth-order valence-electron chi connectivity index (χ4n) is 1.89. The van der Waals surface area contributed by atoms with Gasteiger partial charge >= 0.3 is 0 Å². The van der Waals surface area contributed by atoms with Gasteiger partial charge in [0.15, 0.2) is 0 Å². The van der Waals surface area contributed by atoms with E-state index in [0.717, 1.165) is 26.5 Å². The third kappa shape index (κ3) is 2.02. The monoisotopic (exact) mass is 258 g/mol. The van der Waals surface area contributed by atoms with E-state index in [2.05, 4.69) is 0 Å². The van der Waals surface area contributed by atoms with Crippen LogP contribution in [-0.2, 0) is 0 Å². The van der Waals surface area contributed by atoms with Crippen molar-refractivity contribution in [2.24, 2.45) is 0 Å². The summed E-state index contributed by atoms with van der Waals surface area (Å²) in [5.74, 6) is 0.679. The Kier molecular flexibility index (Phi) is 2.84. The Hall–Kier alpha value is -1.74. The van der Waals surface area contributed by atoms with Gasteiger partial charge in [0.1, 0.15) is 17.2 Å². The Morgan fingerprint density at radius 3 is 2.50 bits per heavy atom. The van der Waals surface area contributed by atoms with E-state index in [1.165, 1.54) is 12.1 Å². The van der Waals surface area contributed by atoms with E-state index in [1.54, 1.807) is 23.9 Å². The number of hydrogen-bond acceptors (Lipinski definition) is 2. The third-order valence-corrected chi connectivity index (χ3v) is 3.97.